The lowest BCUT2D eigenvalue weighted by atomic mass is 10.0. The molecule has 18 heavy (non-hydrogen) atoms. The molecule has 5 heteroatoms. The summed E-state index contributed by atoms with van der Waals surface area (Å²) in [5.74, 6) is 0.917. The molecular formula is C13H18ClN3O. The van der Waals surface area contributed by atoms with Crippen LogP contribution in [0.1, 0.15) is 6.92 Å². The van der Waals surface area contributed by atoms with Gasteiger partial charge in [0.2, 0.25) is 0 Å². The number of nitrogens with zero attached hydrogens (tertiary/aromatic N) is 2. The van der Waals surface area contributed by atoms with Gasteiger partial charge in [-0.15, -0.1) is 0 Å². The van der Waals surface area contributed by atoms with Gasteiger partial charge in [0.1, 0.15) is 0 Å². The lowest BCUT2D eigenvalue weighted by Gasteiger charge is -2.30. The van der Waals surface area contributed by atoms with Crippen molar-refractivity contribution in [2.75, 3.05) is 25.2 Å². The summed E-state index contributed by atoms with van der Waals surface area (Å²) in [7, 11) is 1.71. The number of nitrogens with two attached hydrogens (primary N) is 1. The summed E-state index contributed by atoms with van der Waals surface area (Å²) in [6.07, 6.45) is 0. The molecule has 2 atom stereocenters. The highest BCUT2D eigenvalue weighted by atomic mass is 35.5. The molecule has 1 aliphatic rings. The molecule has 2 unspecified atom stereocenters. The second-order valence-electron chi connectivity index (χ2n) is 4.55. The Morgan fingerprint density at radius 3 is 2.78 bits per heavy atom. The van der Waals surface area contributed by atoms with E-state index in [0.717, 1.165) is 10.7 Å². The maximum Gasteiger partial charge on any atom is 0.196 e. The number of benzene rings is 1. The third-order valence-corrected chi connectivity index (χ3v) is 3.46. The third-order valence-electron chi connectivity index (χ3n) is 3.21. The number of anilines is 1. The molecule has 0 amide bonds. The van der Waals surface area contributed by atoms with Gasteiger partial charge < -0.3 is 15.4 Å². The Hall–Kier alpha value is -1.26. The summed E-state index contributed by atoms with van der Waals surface area (Å²) >= 11 is 5.90. The molecule has 0 aliphatic carbocycles. The van der Waals surface area contributed by atoms with Gasteiger partial charge in [-0.25, -0.2) is 0 Å². The molecule has 0 aromatic heterocycles. The predicted molar refractivity (Wildman–Crippen MR) is 75.2 cm³/mol. The molecule has 0 saturated carbocycles. The van der Waals surface area contributed by atoms with Crippen LogP contribution < -0.4 is 10.6 Å². The average molecular weight is 268 g/mol. The lowest BCUT2D eigenvalue weighted by molar-refractivity contribution is 0.150. The highest BCUT2D eigenvalue weighted by molar-refractivity contribution is 6.30. The van der Waals surface area contributed by atoms with E-state index >= 15 is 0 Å². The third kappa shape index (κ3) is 2.60. The van der Waals surface area contributed by atoms with E-state index < -0.39 is 0 Å². The monoisotopic (exact) mass is 267 g/mol. The van der Waals surface area contributed by atoms with Gasteiger partial charge in [0.05, 0.1) is 19.2 Å². The Balaban J connectivity index is 2.22. The first-order chi connectivity index (χ1) is 8.63. The van der Waals surface area contributed by atoms with Crippen LogP contribution in [-0.4, -0.2) is 32.3 Å². The molecule has 4 nitrogen and oxygen atoms in total. The van der Waals surface area contributed by atoms with Crippen LogP contribution in [0.3, 0.4) is 0 Å². The molecule has 1 heterocycles. The quantitative estimate of drug-likeness (QED) is 0.909. The fourth-order valence-corrected chi connectivity index (χ4v) is 2.37. The zero-order valence-corrected chi connectivity index (χ0v) is 11.4. The highest BCUT2D eigenvalue weighted by Crippen LogP contribution is 2.26. The largest absolute Gasteiger partial charge is 0.384 e. The molecule has 98 valence electrons. The van der Waals surface area contributed by atoms with Gasteiger partial charge in [-0.1, -0.05) is 18.5 Å². The van der Waals surface area contributed by atoms with Crippen LogP contribution in [0.5, 0.6) is 0 Å². The first kappa shape index (κ1) is 13.2. The first-order valence-corrected chi connectivity index (χ1v) is 6.35. The molecule has 0 bridgehead atoms. The molecule has 2 N–H and O–H groups in total. The Morgan fingerprint density at radius 1 is 1.50 bits per heavy atom. The fraction of sp³-hybridized carbons (Fsp3) is 0.462. The summed E-state index contributed by atoms with van der Waals surface area (Å²) in [4.78, 5) is 6.39. The van der Waals surface area contributed by atoms with Crippen molar-refractivity contribution < 1.29 is 4.74 Å². The van der Waals surface area contributed by atoms with E-state index in [1.165, 1.54) is 0 Å². The van der Waals surface area contributed by atoms with Crippen molar-refractivity contribution in [3.63, 3.8) is 0 Å². The van der Waals surface area contributed by atoms with Crippen molar-refractivity contribution in [2.45, 2.75) is 13.0 Å². The minimum Gasteiger partial charge on any atom is -0.384 e. The molecular weight excluding hydrogens is 250 g/mol. The zero-order chi connectivity index (χ0) is 13.1. The maximum absolute atomic E-state index is 5.98. The van der Waals surface area contributed by atoms with Gasteiger partial charge in [-0.05, 0) is 24.3 Å². The van der Waals surface area contributed by atoms with Gasteiger partial charge in [-0.3, -0.25) is 4.99 Å². The number of ether oxygens (including phenoxy) is 1. The summed E-state index contributed by atoms with van der Waals surface area (Å²) in [5.41, 5.74) is 7.00. The van der Waals surface area contributed by atoms with E-state index in [4.69, 9.17) is 22.1 Å². The summed E-state index contributed by atoms with van der Waals surface area (Å²) in [5, 5.41) is 0.718. The summed E-state index contributed by atoms with van der Waals surface area (Å²) < 4.78 is 5.22. The fourth-order valence-electron chi connectivity index (χ4n) is 2.25. The van der Waals surface area contributed by atoms with Crippen molar-refractivity contribution in [3.05, 3.63) is 29.3 Å². The predicted octanol–water partition coefficient (Wildman–Crippen LogP) is 2.13. The van der Waals surface area contributed by atoms with E-state index in [2.05, 4.69) is 16.8 Å². The zero-order valence-electron chi connectivity index (χ0n) is 10.6. The van der Waals surface area contributed by atoms with Crippen molar-refractivity contribution in [3.8, 4) is 0 Å². The molecule has 0 spiro atoms. The van der Waals surface area contributed by atoms with Crippen LogP contribution in [0.4, 0.5) is 5.69 Å². The highest BCUT2D eigenvalue weighted by Gasteiger charge is 2.31. The van der Waals surface area contributed by atoms with E-state index in [1.54, 1.807) is 7.11 Å². The van der Waals surface area contributed by atoms with Crippen LogP contribution >= 0.6 is 11.6 Å². The standard InChI is InChI=1S/C13H18ClN3O/c1-9(8-18-2)12-7-16-13(15)17(12)11-5-3-10(14)4-6-11/h3-6,9,12H,7-8H2,1-2H3,(H2,15,16). The van der Waals surface area contributed by atoms with E-state index in [-0.39, 0.29) is 6.04 Å². The Kier molecular flexibility index (Phi) is 4.09. The van der Waals surface area contributed by atoms with E-state index in [9.17, 15) is 0 Å². The Labute approximate surface area is 112 Å². The number of rotatable bonds is 4. The van der Waals surface area contributed by atoms with Gasteiger partial charge >= 0.3 is 0 Å². The van der Waals surface area contributed by atoms with E-state index in [1.807, 2.05) is 24.3 Å². The maximum atomic E-state index is 5.98. The molecule has 1 aromatic carbocycles. The summed E-state index contributed by atoms with van der Waals surface area (Å²) in [6.45, 7) is 3.54. The van der Waals surface area contributed by atoms with Crippen molar-refractivity contribution in [1.82, 2.24) is 0 Å². The topological polar surface area (TPSA) is 50.9 Å². The molecule has 0 saturated heterocycles. The van der Waals surface area contributed by atoms with Crippen molar-refractivity contribution in [1.29, 1.82) is 0 Å². The number of aliphatic imine (C=N–C) groups is 1. The van der Waals surface area contributed by atoms with Crippen molar-refractivity contribution in [2.24, 2.45) is 16.6 Å². The molecule has 1 aliphatic heterocycles. The van der Waals surface area contributed by atoms with Crippen LogP contribution in [-0.2, 0) is 4.74 Å². The number of guanidine groups is 1. The number of methoxy groups -OCH3 is 1. The van der Waals surface area contributed by atoms with Gasteiger partial charge in [0.25, 0.3) is 0 Å². The first-order valence-electron chi connectivity index (χ1n) is 5.97. The Bertz CT molecular complexity index is 432. The number of halogens is 1. The average Bonchev–Trinajstić information content (AvgIpc) is 2.73. The molecule has 2 rings (SSSR count). The molecule has 1 aromatic rings. The normalized spacial score (nSPS) is 20.9. The van der Waals surface area contributed by atoms with Crippen molar-refractivity contribution >= 4 is 23.2 Å². The summed E-state index contributed by atoms with van der Waals surface area (Å²) in [6, 6.07) is 7.89. The second-order valence-corrected chi connectivity index (χ2v) is 4.98. The minimum absolute atomic E-state index is 0.242. The van der Waals surface area contributed by atoms with Crippen LogP contribution in [0.25, 0.3) is 0 Å². The molecule has 0 radical (unpaired) electrons. The Morgan fingerprint density at radius 2 is 2.17 bits per heavy atom. The van der Waals surface area contributed by atoms with Gasteiger partial charge in [0, 0.05) is 23.7 Å². The van der Waals surface area contributed by atoms with E-state index in [0.29, 0.717) is 25.0 Å². The van der Waals surface area contributed by atoms with Gasteiger partial charge in [-0.2, -0.15) is 0 Å². The second kappa shape index (κ2) is 5.59. The molecule has 0 fully saturated rings. The van der Waals surface area contributed by atoms with Gasteiger partial charge in [0.15, 0.2) is 5.96 Å². The number of hydrogen-bond acceptors (Lipinski definition) is 4. The van der Waals surface area contributed by atoms with Crippen LogP contribution in [0.15, 0.2) is 29.3 Å². The lowest BCUT2D eigenvalue weighted by Crippen LogP contribution is -2.45. The minimum atomic E-state index is 0.242. The smallest absolute Gasteiger partial charge is 0.196 e. The van der Waals surface area contributed by atoms with Crippen LogP contribution in [0.2, 0.25) is 5.02 Å². The number of hydrogen-bond donors (Lipinski definition) is 1. The SMILES string of the molecule is COCC(C)C1CN=C(N)N1c1ccc(Cl)cc1. The van der Waals surface area contributed by atoms with Crippen LogP contribution in [0, 0.1) is 5.92 Å².